The number of phenolic OH excluding ortho intramolecular Hbond substituents is 1. The van der Waals surface area contributed by atoms with Gasteiger partial charge in [-0.2, -0.15) is 5.10 Å². The van der Waals surface area contributed by atoms with Crippen LogP contribution in [0.5, 0.6) is 17.2 Å². The Bertz CT molecular complexity index is 1240. The molecule has 0 bridgehead atoms. The van der Waals surface area contributed by atoms with Crippen LogP contribution in [-0.2, 0) is 9.53 Å². The Labute approximate surface area is 230 Å². The Hall–Kier alpha value is -3.29. The summed E-state index contributed by atoms with van der Waals surface area (Å²) >= 11 is 6.58. The normalized spacial score (nSPS) is 16.2. The molecule has 1 aliphatic rings. The third kappa shape index (κ3) is 7.14. The summed E-state index contributed by atoms with van der Waals surface area (Å²) in [6.07, 6.45) is 0.180. The summed E-state index contributed by atoms with van der Waals surface area (Å²) < 4.78 is 17.5. The first-order chi connectivity index (χ1) is 17.6. The van der Waals surface area contributed by atoms with Crippen molar-refractivity contribution in [3.05, 3.63) is 61.7 Å². The number of halogens is 2. The number of urea groups is 1. The first kappa shape index (κ1) is 28.3. The Kier molecular flexibility index (Phi) is 9.78. The average Bonchev–Trinajstić information content (AvgIpc) is 2.85. The van der Waals surface area contributed by atoms with Gasteiger partial charge in [0.2, 0.25) is 0 Å². The zero-order valence-electron chi connectivity index (χ0n) is 20.2. The van der Waals surface area contributed by atoms with Crippen LogP contribution in [0, 0.1) is 0 Å². The Balaban J connectivity index is 1.72. The molecule has 37 heavy (non-hydrogen) atoms. The maximum Gasteiger partial charge on any atom is 0.337 e. The quantitative estimate of drug-likeness (QED) is 0.115. The molecule has 0 spiro atoms. The topological polar surface area (TPSA) is 151 Å². The number of aliphatic hydroxyl groups excluding tert-OH is 1. The third-order valence-corrected chi connectivity index (χ3v) is 6.22. The lowest BCUT2D eigenvalue weighted by Crippen LogP contribution is -2.45. The first-order valence-electron chi connectivity index (χ1n) is 11.0. The summed E-state index contributed by atoms with van der Waals surface area (Å²) in [5.74, 6) is 0.122. The van der Waals surface area contributed by atoms with Crippen LogP contribution in [0.4, 0.5) is 4.79 Å². The largest absolute Gasteiger partial charge is 0.506 e. The van der Waals surface area contributed by atoms with Crippen molar-refractivity contribution in [3.8, 4) is 17.2 Å². The fraction of sp³-hybridized carbons (Fsp3) is 0.292. The van der Waals surface area contributed by atoms with Crippen molar-refractivity contribution in [2.24, 2.45) is 5.10 Å². The van der Waals surface area contributed by atoms with Crippen LogP contribution in [0.2, 0.25) is 0 Å². The SMILES string of the molecule is CCOc1cc([C@H]2NC(=O)NC(C)=C2C(=O)OC)ccc1OC[C@H](O)N/N=C\c1cc(Br)cc(Br)c1O. The summed E-state index contributed by atoms with van der Waals surface area (Å²) in [7, 11) is 1.27. The Morgan fingerprint density at radius 3 is 2.70 bits per heavy atom. The minimum absolute atomic E-state index is 0.00580. The minimum Gasteiger partial charge on any atom is -0.506 e. The number of esters is 1. The van der Waals surface area contributed by atoms with Gasteiger partial charge in [-0.25, -0.2) is 9.59 Å². The van der Waals surface area contributed by atoms with Crippen LogP contribution in [0.15, 0.2) is 55.6 Å². The molecular formula is C24H26Br2N4O7. The second-order valence-corrected chi connectivity index (χ2v) is 9.51. The number of hydrogen-bond donors (Lipinski definition) is 5. The smallest absolute Gasteiger partial charge is 0.337 e. The van der Waals surface area contributed by atoms with E-state index < -0.39 is 24.3 Å². The molecule has 13 heteroatoms. The van der Waals surface area contributed by atoms with Gasteiger partial charge in [-0.3, -0.25) is 5.43 Å². The number of rotatable bonds is 10. The average molecular weight is 642 g/mol. The van der Waals surface area contributed by atoms with Crippen molar-refractivity contribution >= 4 is 50.1 Å². The molecule has 3 rings (SSSR count). The molecule has 2 amide bonds. The second-order valence-electron chi connectivity index (χ2n) is 7.74. The van der Waals surface area contributed by atoms with Crippen LogP contribution in [-0.4, -0.2) is 55.0 Å². The standard InChI is InChI=1S/C24H26Br2N4O7/c1-4-36-18-8-13(21-20(23(33)35-3)12(2)28-24(34)29-21)5-6-17(18)37-11-19(31)30-27-10-14-7-15(25)9-16(26)22(14)32/h5-10,19,21,30-32H,4,11H2,1-3H3,(H2,28,29,34)/b27-10-/t19-,21+/m0/s1. The molecule has 0 aromatic heterocycles. The van der Waals surface area contributed by atoms with E-state index in [4.69, 9.17) is 14.2 Å². The van der Waals surface area contributed by atoms with E-state index >= 15 is 0 Å². The summed E-state index contributed by atoms with van der Waals surface area (Å²) in [4.78, 5) is 24.4. The summed E-state index contributed by atoms with van der Waals surface area (Å²) in [6.45, 7) is 3.56. The van der Waals surface area contributed by atoms with E-state index in [1.54, 1.807) is 44.2 Å². The maximum atomic E-state index is 12.4. The van der Waals surface area contributed by atoms with Gasteiger partial charge in [-0.15, -0.1) is 0 Å². The van der Waals surface area contributed by atoms with E-state index in [1.165, 1.54) is 13.3 Å². The molecule has 0 aliphatic carbocycles. The highest BCUT2D eigenvalue weighted by Gasteiger charge is 2.32. The van der Waals surface area contributed by atoms with Gasteiger partial charge in [0.25, 0.3) is 0 Å². The molecule has 2 aromatic carbocycles. The molecule has 1 aliphatic heterocycles. The highest BCUT2D eigenvalue weighted by Crippen LogP contribution is 2.35. The van der Waals surface area contributed by atoms with E-state index in [-0.39, 0.29) is 17.9 Å². The molecular weight excluding hydrogens is 616 g/mol. The minimum atomic E-state index is -1.18. The Morgan fingerprint density at radius 1 is 1.24 bits per heavy atom. The number of ether oxygens (including phenoxy) is 3. The molecule has 2 aromatic rings. The molecule has 5 N–H and O–H groups in total. The number of hydrazone groups is 1. The molecule has 0 radical (unpaired) electrons. The van der Waals surface area contributed by atoms with Crippen molar-refractivity contribution < 1.29 is 34.0 Å². The van der Waals surface area contributed by atoms with E-state index in [1.807, 2.05) is 0 Å². The lowest BCUT2D eigenvalue weighted by atomic mass is 9.95. The fourth-order valence-corrected chi connectivity index (χ4v) is 4.76. The molecule has 11 nitrogen and oxygen atoms in total. The molecule has 198 valence electrons. The number of phenols is 1. The van der Waals surface area contributed by atoms with Gasteiger partial charge < -0.3 is 35.1 Å². The van der Waals surface area contributed by atoms with Crippen molar-refractivity contribution in [2.45, 2.75) is 26.1 Å². The fourth-order valence-electron chi connectivity index (χ4n) is 3.50. The predicted octanol–water partition coefficient (Wildman–Crippen LogP) is 3.44. The lowest BCUT2D eigenvalue weighted by molar-refractivity contribution is -0.136. The number of allylic oxidation sites excluding steroid dienone is 1. The van der Waals surface area contributed by atoms with Crippen LogP contribution in [0.3, 0.4) is 0 Å². The second kappa shape index (κ2) is 12.8. The molecule has 2 atom stereocenters. The van der Waals surface area contributed by atoms with Gasteiger partial charge in [0, 0.05) is 15.7 Å². The van der Waals surface area contributed by atoms with E-state index in [0.29, 0.717) is 39.4 Å². The zero-order valence-corrected chi connectivity index (χ0v) is 23.3. The molecule has 0 fully saturated rings. The number of carbonyl (C=O) groups excluding carboxylic acids is 2. The van der Waals surface area contributed by atoms with Crippen molar-refractivity contribution in [1.29, 1.82) is 0 Å². The van der Waals surface area contributed by atoms with Crippen LogP contribution in [0.25, 0.3) is 0 Å². The van der Waals surface area contributed by atoms with Crippen LogP contribution >= 0.6 is 31.9 Å². The highest BCUT2D eigenvalue weighted by atomic mass is 79.9. The highest BCUT2D eigenvalue weighted by molar-refractivity contribution is 9.11. The molecule has 0 saturated carbocycles. The summed E-state index contributed by atoms with van der Waals surface area (Å²) in [6, 6.07) is 7.09. The summed E-state index contributed by atoms with van der Waals surface area (Å²) in [5, 5.41) is 29.6. The molecule has 0 saturated heterocycles. The first-order valence-corrected chi connectivity index (χ1v) is 12.6. The number of hydrogen-bond acceptors (Lipinski definition) is 9. The summed E-state index contributed by atoms with van der Waals surface area (Å²) in [5.41, 5.74) is 4.18. The number of carbonyl (C=O) groups is 2. The van der Waals surface area contributed by atoms with Gasteiger partial charge in [0.1, 0.15) is 12.4 Å². The van der Waals surface area contributed by atoms with Crippen molar-refractivity contribution in [3.63, 3.8) is 0 Å². The number of aromatic hydroxyl groups is 1. The van der Waals surface area contributed by atoms with Gasteiger partial charge in [-0.05, 0) is 59.6 Å². The Morgan fingerprint density at radius 2 is 2.00 bits per heavy atom. The van der Waals surface area contributed by atoms with Gasteiger partial charge in [0.15, 0.2) is 17.7 Å². The lowest BCUT2D eigenvalue weighted by Gasteiger charge is -2.28. The number of benzene rings is 2. The number of amides is 2. The molecule has 1 heterocycles. The monoisotopic (exact) mass is 640 g/mol. The number of methoxy groups -OCH3 is 1. The maximum absolute atomic E-state index is 12.4. The number of aliphatic hydroxyl groups is 1. The van der Waals surface area contributed by atoms with E-state index in [0.717, 1.165) is 4.47 Å². The number of nitrogens with zero attached hydrogens (tertiary/aromatic N) is 1. The van der Waals surface area contributed by atoms with E-state index in [9.17, 15) is 19.8 Å². The number of nitrogens with one attached hydrogen (secondary N) is 3. The third-order valence-electron chi connectivity index (χ3n) is 5.16. The van der Waals surface area contributed by atoms with Crippen molar-refractivity contribution in [2.75, 3.05) is 20.3 Å². The van der Waals surface area contributed by atoms with E-state index in [2.05, 4.69) is 53.0 Å². The van der Waals surface area contributed by atoms with Crippen LogP contribution < -0.4 is 25.5 Å². The van der Waals surface area contributed by atoms with Gasteiger partial charge in [0.05, 0.1) is 36.0 Å². The predicted molar refractivity (Wildman–Crippen MR) is 142 cm³/mol. The zero-order chi connectivity index (χ0) is 27.1. The van der Waals surface area contributed by atoms with Crippen molar-refractivity contribution in [1.82, 2.24) is 16.1 Å². The molecule has 0 unspecified atom stereocenters. The van der Waals surface area contributed by atoms with Crippen LogP contribution in [0.1, 0.15) is 31.0 Å². The van der Waals surface area contributed by atoms with Gasteiger partial charge >= 0.3 is 12.0 Å². The van der Waals surface area contributed by atoms with Gasteiger partial charge in [-0.1, -0.05) is 22.0 Å².